The number of rotatable bonds is 26. The number of hydrogen-bond donors (Lipinski definition) is 5. The van der Waals surface area contributed by atoms with Crippen molar-refractivity contribution in [1.29, 1.82) is 0 Å². The van der Waals surface area contributed by atoms with Crippen LogP contribution < -0.4 is 48.7 Å². The molecule has 0 saturated heterocycles. The fraction of sp³-hybridized carbons (Fsp3) is 0.440. The minimum atomic E-state index is -5.13. The third kappa shape index (κ3) is 38.9. The number of carboxylic acid groups (broad SMARTS) is 1. The van der Waals surface area contributed by atoms with Gasteiger partial charge in [0.1, 0.15) is 34.5 Å². The Kier molecular flexibility index (Phi) is 45.3. The van der Waals surface area contributed by atoms with Gasteiger partial charge in [0.2, 0.25) is 0 Å². The van der Waals surface area contributed by atoms with Crippen molar-refractivity contribution in [3.8, 4) is 23.0 Å². The van der Waals surface area contributed by atoms with E-state index in [1.165, 1.54) is 33.5 Å². The van der Waals surface area contributed by atoms with Gasteiger partial charge in [-0.3, -0.25) is 23.7 Å². The molecule has 0 radical (unpaired) electrons. The molecule has 0 aliphatic carbocycles. The first-order chi connectivity index (χ1) is 34.6. The molecule has 3 atom stereocenters. The van der Waals surface area contributed by atoms with Crippen molar-refractivity contribution < 1.29 is 116 Å². The van der Waals surface area contributed by atoms with Crippen LogP contribution in [-0.4, -0.2) is 137 Å². The summed E-state index contributed by atoms with van der Waals surface area (Å²) in [7, 11) is -6.57. The average molecular weight is 1220 g/mol. The number of aromatic hydroxyl groups is 1. The molecule has 0 aliphatic rings. The summed E-state index contributed by atoms with van der Waals surface area (Å²) in [5, 5.41) is 16.5. The van der Waals surface area contributed by atoms with E-state index in [-0.39, 0.29) is 79.2 Å². The first kappa shape index (κ1) is 76.0. The summed E-state index contributed by atoms with van der Waals surface area (Å²) in [6.45, 7) is 1.74. The van der Waals surface area contributed by atoms with Crippen LogP contribution in [0, 0.1) is 0 Å². The molecule has 75 heavy (non-hydrogen) atoms. The van der Waals surface area contributed by atoms with Crippen LogP contribution in [0.1, 0.15) is 48.9 Å². The van der Waals surface area contributed by atoms with Gasteiger partial charge in [-0.1, -0.05) is 71.9 Å². The summed E-state index contributed by atoms with van der Waals surface area (Å²) in [4.78, 5) is 81.8. The van der Waals surface area contributed by atoms with Crippen molar-refractivity contribution in [3.63, 3.8) is 0 Å². The molecule has 0 saturated carbocycles. The number of phenolic OH excluding ortho intramolecular Hbond substituents is 1. The third-order valence-corrected chi connectivity index (χ3v) is 16.5. The second kappa shape index (κ2) is 44.7. The van der Waals surface area contributed by atoms with E-state index in [0.29, 0.717) is 49.5 Å². The Labute approximate surface area is 485 Å². The maximum atomic E-state index is 11.2. The number of esters is 3. The van der Waals surface area contributed by atoms with E-state index in [1.54, 1.807) is 48.9 Å². The van der Waals surface area contributed by atoms with Crippen LogP contribution in [0.4, 0.5) is 0 Å². The number of aliphatic carboxylic acids is 1. The zero-order chi connectivity index (χ0) is 55.2. The molecule has 25 heteroatoms. The molecule has 4 aromatic rings. The van der Waals surface area contributed by atoms with Gasteiger partial charge in [-0.25, -0.2) is 0 Å². The first-order valence-electron chi connectivity index (χ1n) is 22.1. The Hall–Kier alpha value is -3.21. The van der Waals surface area contributed by atoms with Crippen LogP contribution >= 0.6 is 42.9 Å². The van der Waals surface area contributed by atoms with Crippen LogP contribution in [0.25, 0.3) is 0 Å². The van der Waals surface area contributed by atoms with E-state index in [2.05, 4.69) is 49.0 Å². The molecule has 4 rings (SSSR count). The number of benzene rings is 4. The Bertz CT molecular complexity index is 2220. The van der Waals surface area contributed by atoms with Gasteiger partial charge in [-0.05, 0) is 107 Å². The molecule has 0 aliphatic heterocycles. The quantitative estimate of drug-likeness (QED) is 0.00852. The molecular weight excluding hydrogens is 1150 g/mol. The Balaban J connectivity index is -0.000000935. The van der Waals surface area contributed by atoms with Crippen molar-refractivity contribution in [2.45, 2.75) is 57.8 Å². The second-order valence-electron chi connectivity index (χ2n) is 15.0. The predicted molar refractivity (Wildman–Crippen MR) is 297 cm³/mol. The van der Waals surface area contributed by atoms with Crippen LogP contribution in [0.2, 0.25) is 0 Å². The van der Waals surface area contributed by atoms with Crippen molar-refractivity contribution in [2.75, 3.05) is 82.5 Å². The van der Waals surface area contributed by atoms with Crippen molar-refractivity contribution in [1.82, 2.24) is 0 Å². The summed E-state index contributed by atoms with van der Waals surface area (Å²) in [6, 6.07) is 28.1. The van der Waals surface area contributed by atoms with Crippen molar-refractivity contribution in [3.05, 3.63) is 119 Å². The zero-order valence-corrected chi connectivity index (χ0v) is 50.6. The topological polar surface area (TPSA) is 282 Å². The minimum absolute atomic E-state index is 0. The standard InChI is InChI=1S/C14H22O9P2S.C13H18O3S.C12H15BrO3.C9H10O3.CH4S.CH4.Na/c1-26(10-14(24(17,18)19)25(20,21)22)8-2-7-23-12-5-3-11(4-6-12)9-13(15)16;1-15-13(14)10-11-4-6-12(7-5-11)16-8-3-9-17-2;1-15-12(14)9-10-3-5-11(6-4-10)16-8-2-7-13;1-12-9(11)6-7-2-4-8(10)5-3-7;1-2;;/h3-6,14H,2,7-10H2,1H3,(H4-,15,16,17,18,19,20,21,22);4-7H,3,8-10H2,1-2H3;3-6H,2,7-9H2,1H3;2-5,10H,6H2,1H3;2H,1H3;1H4;/q;;;;;;+1/p-1. The van der Waals surface area contributed by atoms with E-state index in [4.69, 9.17) is 39.1 Å². The smallest absolute Gasteiger partial charge is 0.796 e. The van der Waals surface area contributed by atoms with Gasteiger partial charge in [-0.15, -0.1) is 0 Å². The predicted octanol–water partition coefficient (Wildman–Crippen LogP) is 4.39. The summed E-state index contributed by atoms with van der Waals surface area (Å²) in [5.41, 5.74) is 3.35. The van der Waals surface area contributed by atoms with Gasteiger partial charge >= 0.3 is 61.0 Å². The largest absolute Gasteiger partial charge is 1.00 e. The molecule has 0 spiro atoms. The number of carbonyl (C=O) groups excluding carboxylic acids is 3. The van der Waals surface area contributed by atoms with E-state index in [0.717, 1.165) is 58.7 Å². The molecule has 0 amide bonds. The number of carboxylic acids is 1. The molecule has 5 N–H and O–H groups in total. The third-order valence-electron chi connectivity index (χ3n) is 9.20. The summed E-state index contributed by atoms with van der Waals surface area (Å²) in [5.74, 6) is 2.06. The van der Waals surface area contributed by atoms with E-state index in [1.807, 2.05) is 60.3 Å². The average Bonchev–Trinajstić information content (AvgIpc) is 3.36. The number of hydrogen-bond acceptors (Lipinski definition) is 16. The molecule has 0 fully saturated rings. The molecule has 3 unspecified atom stereocenters. The number of alkyl halides is 1. The molecule has 18 nitrogen and oxygen atoms in total. The maximum absolute atomic E-state index is 11.2. The SMILES string of the molecule is C.COC(=O)Cc1ccc(O)cc1.COC(=O)Cc1ccc(OCCCBr)cc1.COC(=O)Cc1ccc(OCCCSC)cc1.C[S+](CCCOc1ccc(CC(=O)O)cc1)CC(P(=O)([O-])O)P(=O)(O)O.C[S-].[Na+]. The number of halogens is 1. The van der Waals surface area contributed by atoms with E-state index >= 15 is 0 Å². The number of phenols is 1. The Morgan fingerprint density at radius 1 is 0.640 bits per heavy atom. The fourth-order valence-electron chi connectivity index (χ4n) is 5.47. The van der Waals surface area contributed by atoms with Gasteiger partial charge in [0.25, 0.3) is 0 Å². The maximum Gasteiger partial charge on any atom is 1.00 e. The van der Waals surface area contributed by atoms with Gasteiger partial charge in [-0.2, -0.15) is 18.0 Å². The number of ether oxygens (including phenoxy) is 6. The van der Waals surface area contributed by atoms with Crippen molar-refractivity contribution >= 4 is 90.3 Å². The van der Waals surface area contributed by atoms with Crippen molar-refractivity contribution in [2.24, 2.45) is 0 Å². The molecule has 0 aromatic heterocycles. The second-order valence-corrected chi connectivity index (χ2v) is 23.0. The van der Waals surface area contributed by atoms with Crippen LogP contribution in [0.5, 0.6) is 23.0 Å². The molecule has 0 bridgehead atoms. The van der Waals surface area contributed by atoms with Crippen LogP contribution in [0.3, 0.4) is 0 Å². The number of carbonyl (C=O) groups is 4. The summed E-state index contributed by atoms with van der Waals surface area (Å²) < 4.78 is 52.6. The minimum Gasteiger partial charge on any atom is -0.796 e. The summed E-state index contributed by atoms with van der Waals surface area (Å²) in [6.07, 6.45) is 8.67. The summed E-state index contributed by atoms with van der Waals surface area (Å²) >= 11 is 9.24. The van der Waals surface area contributed by atoms with Gasteiger partial charge in [0, 0.05) is 11.8 Å². The fourth-order valence-corrected chi connectivity index (χ4v) is 12.0. The monoisotopic (exact) mass is 1220 g/mol. The molecule has 4 aromatic carbocycles. The normalized spacial score (nSPS) is 11.7. The molecular formula is C50H72BrNaO18P2S3. The Morgan fingerprint density at radius 3 is 1.28 bits per heavy atom. The molecule has 416 valence electrons. The van der Waals surface area contributed by atoms with E-state index < -0.39 is 37.5 Å². The first-order valence-corrected chi connectivity index (χ1v) is 30.8. The van der Waals surface area contributed by atoms with E-state index in [9.17, 15) is 33.2 Å². The zero-order valence-electron chi connectivity index (χ0n) is 42.8. The molecule has 0 heterocycles. The number of methoxy groups -OCH3 is 3. The Morgan fingerprint density at radius 2 is 0.973 bits per heavy atom. The van der Waals surface area contributed by atoms with Gasteiger partial charge < -0.3 is 75.4 Å². The number of thioether (sulfide) groups is 1. The van der Waals surface area contributed by atoms with Crippen LogP contribution in [0.15, 0.2) is 97.1 Å². The van der Waals surface area contributed by atoms with Gasteiger partial charge in [0.15, 0.2) is 13.0 Å². The van der Waals surface area contributed by atoms with Crippen LogP contribution in [-0.2, 0) is 91.7 Å². The van der Waals surface area contributed by atoms with Gasteiger partial charge in [0.05, 0.1) is 73.1 Å².